The van der Waals surface area contributed by atoms with Gasteiger partial charge in [-0.1, -0.05) is 72.0 Å². The number of hydrogen-bond acceptors (Lipinski definition) is 6. The first-order chi connectivity index (χ1) is 14.7. The van der Waals surface area contributed by atoms with Gasteiger partial charge in [0.1, 0.15) is 6.10 Å². The zero-order chi connectivity index (χ0) is 24.4. The number of benzene rings is 1. The number of rotatable bonds is 9. The molecule has 1 amide bonds. The van der Waals surface area contributed by atoms with E-state index in [1.165, 1.54) is 18.2 Å². The highest BCUT2D eigenvalue weighted by Crippen LogP contribution is 2.46. The van der Waals surface area contributed by atoms with Crippen LogP contribution in [0.4, 0.5) is 5.69 Å². The van der Waals surface area contributed by atoms with Crippen LogP contribution in [-0.2, 0) is 25.8 Å². The molecule has 3 atom stereocenters. The number of para-hydroxylation sites is 1. The zero-order valence-electron chi connectivity index (χ0n) is 20.0. The first kappa shape index (κ1) is 25.7. The van der Waals surface area contributed by atoms with Crippen LogP contribution < -0.4 is 0 Å². The van der Waals surface area contributed by atoms with Gasteiger partial charge < -0.3 is 4.57 Å². The standard InChI is InChI=1S/C23H34N2O6Si/c1-9-17-20(22(27)24(17)32(7,8)23(4,5)6)21(15(2)3)31-30-19(26)14-16-12-10-11-13-18(16)25(28)29/h9-13,15,17,20-21H,1,14H2,2-8H3/t17-,20+,21-/m1/s1. The summed E-state index contributed by atoms with van der Waals surface area (Å²) in [6.45, 7) is 18.5. The summed E-state index contributed by atoms with van der Waals surface area (Å²) >= 11 is 0. The Labute approximate surface area is 190 Å². The van der Waals surface area contributed by atoms with Gasteiger partial charge in [0.25, 0.3) is 5.69 Å². The summed E-state index contributed by atoms with van der Waals surface area (Å²) in [7, 11) is -2.12. The maximum atomic E-state index is 13.2. The fourth-order valence-electron chi connectivity index (χ4n) is 3.85. The minimum Gasteiger partial charge on any atom is -0.362 e. The molecule has 176 valence electrons. The van der Waals surface area contributed by atoms with Crippen molar-refractivity contribution < 1.29 is 24.3 Å². The molecule has 2 rings (SSSR count). The lowest BCUT2D eigenvalue weighted by Gasteiger charge is -2.59. The number of nitro groups is 1. The predicted molar refractivity (Wildman–Crippen MR) is 124 cm³/mol. The molecule has 1 fully saturated rings. The highest BCUT2D eigenvalue weighted by Gasteiger charge is 2.59. The Hall–Kier alpha value is -2.52. The Morgan fingerprint density at radius 3 is 2.41 bits per heavy atom. The first-order valence-corrected chi connectivity index (χ1v) is 13.7. The van der Waals surface area contributed by atoms with Gasteiger partial charge >= 0.3 is 5.97 Å². The molecule has 0 unspecified atom stereocenters. The lowest BCUT2D eigenvalue weighted by molar-refractivity contribution is -0.385. The van der Waals surface area contributed by atoms with Crippen molar-refractivity contribution in [2.24, 2.45) is 11.8 Å². The molecule has 1 aliphatic heterocycles. The quantitative estimate of drug-likeness (QED) is 0.132. The van der Waals surface area contributed by atoms with Crippen molar-refractivity contribution in [3.63, 3.8) is 0 Å². The van der Waals surface area contributed by atoms with E-state index in [4.69, 9.17) is 9.78 Å². The van der Waals surface area contributed by atoms with Crippen LogP contribution in [0, 0.1) is 22.0 Å². The van der Waals surface area contributed by atoms with Gasteiger partial charge in [0.2, 0.25) is 5.91 Å². The Bertz CT molecular complexity index is 893. The summed E-state index contributed by atoms with van der Waals surface area (Å²) < 4.78 is 1.96. The molecule has 1 heterocycles. The molecule has 0 aliphatic carbocycles. The first-order valence-electron chi connectivity index (χ1n) is 10.8. The molecule has 1 saturated heterocycles. The van der Waals surface area contributed by atoms with Crippen LogP contribution in [0.5, 0.6) is 0 Å². The van der Waals surface area contributed by atoms with Gasteiger partial charge in [-0.2, -0.15) is 4.89 Å². The van der Waals surface area contributed by atoms with Crippen molar-refractivity contribution in [2.75, 3.05) is 0 Å². The van der Waals surface area contributed by atoms with E-state index in [9.17, 15) is 19.7 Å². The predicted octanol–water partition coefficient (Wildman–Crippen LogP) is 4.65. The molecule has 0 spiro atoms. The average molecular weight is 463 g/mol. The molecule has 1 aliphatic rings. The maximum Gasteiger partial charge on any atom is 0.346 e. The Morgan fingerprint density at radius 1 is 1.31 bits per heavy atom. The van der Waals surface area contributed by atoms with Crippen LogP contribution in [0.2, 0.25) is 18.1 Å². The number of nitrogens with zero attached hydrogens (tertiary/aromatic N) is 2. The number of β-lactam (4-membered cyclic amide) rings is 1. The number of nitro benzene ring substituents is 1. The van der Waals surface area contributed by atoms with E-state index in [1.807, 2.05) is 18.4 Å². The van der Waals surface area contributed by atoms with Gasteiger partial charge in [-0.05, 0) is 11.0 Å². The van der Waals surface area contributed by atoms with Crippen LogP contribution in [0.1, 0.15) is 40.2 Å². The van der Waals surface area contributed by atoms with E-state index < -0.39 is 31.1 Å². The summed E-state index contributed by atoms with van der Waals surface area (Å²) in [6.07, 6.45) is 0.809. The highest BCUT2D eigenvalue weighted by atomic mass is 28.3. The van der Waals surface area contributed by atoms with E-state index in [0.717, 1.165) is 0 Å². The van der Waals surface area contributed by atoms with E-state index >= 15 is 0 Å². The van der Waals surface area contributed by atoms with E-state index in [2.05, 4.69) is 40.4 Å². The van der Waals surface area contributed by atoms with Crippen LogP contribution in [0.25, 0.3) is 0 Å². The van der Waals surface area contributed by atoms with Gasteiger partial charge in [-0.3, -0.25) is 19.8 Å². The summed E-state index contributed by atoms with van der Waals surface area (Å²) in [5, 5.41) is 11.1. The molecular formula is C23H34N2O6Si. The average Bonchev–Trinajstić information content (AvgIpc) is 2.67. The molecule has 0 N–H and O–H groups in total. The summed E-state index contributed by atoms with van der Waals surface area (Å²) in [5.41, 5.74) is 0.0794. The normalized spacial score (nSPS) is 20.0. The maximum absolute atomic E-state index is 13.2. The number of hydrogen-bond donors (Lipinski definition) is 0. The molecule has 1 aromatic carbocycles. The Balaban J connectivity index is 2.13. The van der Waals surface area contributed by atoms with Crippen molar-refractivity contribution in [1.29, 1.82) is 0 Å². The van der Waals surface area contributed by atoms with Crippen LogP contribution in [0.15, 0.2) is 36.9 Å². The smallest absolute Gasteiger partial charge is 0.346 e. The monoisotopic (exact) mass is 462 g/mol. The van der Waals surface area contributed by atoms with Crippen molar-refractivity contribution in [3.8, 4) is 0 Å². The van der Waals surface area contributed by atoms with Crippen LogP contribution >= 0.6 is 0 Å². The van der Waals surface area contributed by atoms with Crippen LogP contribution in [0.3, 0.4) is 0 Å². The zero-order valence-corrected chi connectivity index (χ0v) is 21.0. The molecule has 0 radical (unpaired) electrons. The molecule has 0 bridgehead atoms. The second kappa shape index (κ2) is 9.54. The molecule has 32 heavy (non-hydrogen) atoms. The fraction of sp³-hybridized carbons (Fsp3) is 0.565. The number of carbonyl (C=O) groups is 2. The largest absolute Gasteiger partial charge is 0.362 e. The molecule has 9 heteroatoms. The minimum absolute atomic E-state index is 0.0186. The molecular weight excluding hydrogens is 428 g/mol. The van der Waals surface area contributed by atoms with Gasteiger partial charge in [0.05, 0.1) is 23.3 Å². The van der Waals surface area contributed by atoms with Crippen molar-refractivity contribution >= 4 is 25.8 Å². The third-order valence-corrected chi connectivity index (χ3v) is 12.0. The van der Waals surface area contributed by atoms with Gasteiger partial charge in [0, 0.05) is 11.6 Å². The minimum atomic E-state index is -2.12. The molecule has 1 aromatic rings. The number of carbonyl (C=O) groups excluding carboxylic acids is 2. The second-order valence-corrected chi connectivity index (χ2v) is 15.2. The van der Waals surface area contributed by atoms with Gasteiger partial charge in [0.15, 0.2) is 8.24 Å². The number of amides is 1. The van der Waals surface area contributed by atoms with E-state index in [0.29, 0.717) is 0 Å². The van der Waals surface area contributed by atoms with Gasteiger partial charge in [-0.15, -0.1) is 6.58 Å². The van der Waals surface area contributed by atoms with Crippen molar-refractivity contribution in [1.82, 2.24) is 4.57 Å². The van der Waals surface area contributed by atoms with Gasteiger partial charge in [-0.25, -0.2) is 4.79 Å². The van der Waals surface area contributed by atoms with Crippen molar-refractivity contribution in [3.05, 3.63) is 52.6 Å². The van der Waals surface area contributed by atoms with Crippen LogP contribution in [-0.4, -0.2) is 41.7 Å². The molecule has 0 aromatic heterocycles. The molecule has 0 saturated carbocycles. The lowest BCUT2D eigenvalue weighted by Crippen LogP contribution is -2.74. The highest BCUT2D eigenvalue weighted by molar-refractivity contribution is 6.80. The van der Waals surface area contributed by atoms with E-state index in [1.54, 1.807) is 12.1 Å². The van der Waals surface area contributed by atoms with E-state index in [-0.39, 0.29) is 40.6 Å². The summed E-state index contributed by atoms with van der Waals surface area (Å²) in [4.78, 5) is 46.7. The fourth-order valence-corrected chi connectivity index (χ4v) is 6.28. The Morgan fingerprint density at radius 2 is 1.91 bits per heavy atom. The topological polar surface area (TPSA) is 99.0 Å². The second-order valence-electron chi connectivity index (χ2n) is 10.1. The Kier molecular flexibility index (Phi) is 7.67. The third kappa shape index (κ3) is 4.93. The summed E-state index contributed by atoms with van der Waals surface area (Å²) in [6, 6.07) is 5.77. The summed E-state index contributed by atoms with van der Waals surface area (Å²) in [5.74, 6) is -1.38. The van der Waals surface area contributed by atoms with Crippen molar-refractivity contribution in [2.45, 2.75) is 71.3 Å². The molecule has 8 nitrogen and oxygen atoms in total. The third-order valence-electron chi connectivity index (χ3n) is 6.65. The lowest BCUT2D eigenvalue weighted by atomic mass is 9.81. The SMILES string of the molecule is C=C[C@@H]1[C@@H]([C@H](OOC(=O)Cc2ccccc2[N+](=O)[O-])C(C)C)C(=O)N1[Si](C)(C)C(C)(C)C.